The molecule has 2 aromatic heterocycles. The van der Waals surface area contributed by atoms with Crippen molar-refractivity contribution in [3.63, 3.8) is 0 Å². The molecule has 2 N–H and O–H groups in total. The molecule has 9 heteroatoms. The third-order valence-electron chi connectivity index (χ3n) is 5.08. The largest absolute Gasteiger partial charge is 0.467 e. The van der Waals surface area contributed by atoms with E-state index in [1.807, 2.05) is 12.1 Å². The number of hydrogen-bond donors (Lipinski definition) is 1. The maximum Gasteiger partial charge on any atom is 0.233 e. The number of amides is 2. The van der Waals surface area contributed by atoms with Crippen LogP contribution in [0, 0.1) is 5.92 Å². The average Bonchev–Trinajstić information content (AvgIpc) is 3.24. The van der Waals surface area contributed by atoms with Crippen molar-refractivity contribution in [3.05, 3.63) is 30.0 Å². The van der Waals surface area contributed by atoms with E-state index in [-0.39, 0.29) is 23.5 Å². The average molecular weight is 389 g/mol. The second-order valence-electron chi connectivity index (χ2n) is 7.15. The van der Waals surface area contributed by atoms with Gasteiger partial charge >= 0.3 is 0 Å². The van der Waals surface area contributed by atoms with Gasteiger partial charge in [0.2, 0.25) is 11.8 Å². The number of likely N-dealkylation sites (tertiary alicyclic amines) is 1. The number of carbonyl (C=O) groups is 2. The Morgan fingerprint density at radius 2 is 2.15 bits per heavy atom. The van der Waals surface area contributed by atoms with E-state index < -0.39 is 0 Å². The lowest BCUT2D eigenvalue weighted by molar-refractivity contribution is -0.132. The van der Waals surface area contributed by atoms with Crippen LogP contribution in [0.4, 0.5) is 0 Å². The van der Waals surface area contributed by atoms with Crippen LogP contribution in [0.5, 0.6) is 0 Å². The summed E-state index contributed by atoms with van der Waals surface area (Å²) in [5.74, 6) is 1.97. The number of carbonyl (C=O) groups excluding carboxylic acids is 2. The Morgan fingerprint density at radius 1 is 1.30 bits per heavy atom. The van der Waals surface area contributed by atoms with Crippen LogP contribution in [0.3, 0.4) is 0 Å². The lowest BCUT2D eigenvalue weighted by atomic mass is 9.97. The van der Waals surface area contributed by atoms with Crippen LogP contribution in [0.25, 0.3) is 0 Å². The fraction of sp³-hybridized carbons (Fsp3) is 0.556. The van der Waals surface area contributed by atoms with Crippen molar-refractivity contribution in [1.29, 1.82) is 0 Å². The van der Waals surface area contributed by atoms with Crippen molar-refractivity contribution in [3.8, 4) is 0 Å². The summed E-state index contributed by atoms with van der Waals surface area (Å²) in [5.41, 5.74) is 5.40. The number of nitrogens with zero attached hydrogens (tertiary/aromatic N) is 4. The van der Waals surface area contributed by atoms with E-state index in [0.717, 1.165) is 42.4 Å². The van der Waals surface area contributed by atoms with E-state index >= 15 is 0 Å². The van der Waals surface area contributed by atoms with Crippen LogP contribution < -0.4 is 5.73 Å². The molecule has 0 radical (unpaired) electrons. The monoisotopic (exact) mass is 389 g/mol. The van der Waals surface area contributed by atoms with Gasteiger partial charge in [0.15, 0.2) is 5.16 Å². The number of aromatic nitrogens is 3. The standard InChI is InChI=1S/C18H23N5O3S/c19-16(25)13-3-1-7-22(9-13)15(24)11-27-18-21-20-17(12-5-6-12)23(18)10-14-4-2-8-26-14/h2,4,8,12-13H,1,3,5-7,9-11H2,(H2,19,25). The zero-order valence-electron chi connectivity index (χ0n) is 15.0. The quantitative estimate of drug-likeness (QED) is 0.721. The molecule has 0 aromatic carbocycles. The zero-order valence-corrected chi connectivity index (χ0v) is 15.9. The summed E-state index contributed by atoms with van der Waals surface area (Å²) >= 11 is 1.39. The molecule has 8 nitrogen and oxygen atoms in total. The molecule has 1 unspecified atom stereocenters. The number of furan rings is 1. The van der Waals surface area contributed by atoms with E-state index in [0.29, 0.717) is 25.6 Å². The van der Waals surface area contributed by atoms with Crippen LogP contribution in [0.2, 0.25) is 0 Å². The van der Waals surface area contributed by atoms with Crippen molar-refractivity contribution >= 4 is 23.6 Å². The molecule has 1 atom stereocenters. The van der Waals surface area contributed by atoms with Gasteiger partial charge in [0.25, 0.3) is 0 Å². The fourth-order valence-electron chi connectivity index (χ4n) is 3.41. The van der Waals surface area contributed by atoms with Crippen molar-refractivity contribution in [2.75, 3.05) is 18.8 Å². The number of primary amides is 1. The van der Waals surface area contributed by atoms with Gasteiger partial charge in [0.1, 0.15) is 11.6 Å². The van der Waals surface area contributed by atoms with Gasteiger partial charge in [-0.25, -0.2) is 0 Å². The van der Waals surface area contributed by atoms with E-state index in [4.69, 9.17) is 10.2 Å². The molecule has 1 aliphatic carbocycles. The number of hydrogen-bond acceptors (Lipinski definition) is 6. The van der Waals surface area contributed by atoms with Gasteiger partial charge in [0, 0.05) is 19.0 Å². The first-order valence-electron chi connectivity index (χ1n) is 9.27. The maximum absolute atomic E-state index is 12.6. The van der Waals surface area contributed by atoms with Crippen LogP contribution >= 0.6 is 11.8 Å². The molecular weight excluding hydrogens is 366 g/mol. The highest BCUT2D eigenvalue weighted by Crippen LogP contribution is 2.40. The summed E-state index contributed by atoms with van der Waals surface area (Å²) < 4.78 is 7.52. The van der Waals surface area contributed by atoms with Crippen LogP contribution in [-0.2, 0) is 16.1 Å². The minimum absolute atomic E-state index is 0.00599. The maximum atomic E-state index is 12.6. The first kappa shape index (κ1) is 18.1. The van der Waals surface area contributed by atoms with E-state index in [9.17, 15) is 9.59 Å². The Bertz CT molecular complexity index is 815. The lowest BCUT2D eigenvalue weighted by Gasteiger charge is -2.31. The third kappa shape index (κ3) is 4.18. The van der Waals surface area contributed by atoms with Gasteiger partial charge in [-0.05, 0) is 37.8 Å². The SMILES string of the molecule is NC(=O)C1CCCN(C(=O)CSc2nnc(C3CC3)n2Cc2ccco2)C1. The summed E-state index contributed by atoms with van der Waals surface area (Å²) in [6, 6.07) is 3.78. The molecular formula is C18H23N5O3S. The van der Waals surface area contributed by atoms with Gasteiger partial charge < -0.3 is 15.1 Å². The minimum Gasteiger partial charge on any atom is -0.467 e. The number of rotatable bonds is 7. The van der Waals surface area contributed by atoms with Gasteiger partial charge in [-0.15, -0.1) is 10.2 Å². The predicted molar refractivity (Wildman–Crippen MR) is 99.0 cm³/mol. The minimum atomic E-state index is -0.326. The molecule has 1 saturated heterocycles. The Balaban J connectivity index is 1.42. The highest BCUT2D eigenvalue weighted by atomic mass is 32.2. The molecule has 2 aromatic rings. The normalized spacial score (nSPS) is 20.0. The summed E-state index contributed by atoms with van der Waals surface area (Å²) in [7, 11) is 0. The fourth-order valence-corrected chi connectivity index (χ4v) is 4.26. The Kier molecular flexibility index (Phi) is 5.20. The third-order valence-corrected chi connectivity index (χ3v) is 6.03. The molecule has 0 bridgehead atoms. The molecule has 1 aliphatic heterocycles. The molecule has 4 rings (SSSR count). The first-order valence-corrected chi connectivity index (χ1v) is 10.3. The lowest BCUT2D eigenvalue weighted by Crippen LogP contribution is -2.44. The molecule has 2 aliphatic rings. The van der Waals surface area contributed by atoms with Crippen molar-refractivity contribution < 1.29 is 14.0 Å². The summed E-state index contributed by atoms with van der Waals surface area (Å²) in [6.45, 7) is 1.66. The Morgan fingerprint density at radius 3 is 2.85 bits per heavy atom. The molecule has 2 amide bonds. The zero-order chi connectivity index (χ0) is 18.8. The predicted octanol–water partition coefficient (Wildman–Crippen LogP) is 1.61. The molecule has 144 valence electrons. The second kappa shape index (κ2) is 7.75. The molecule has 2 fully saturated rings. The molecule has 0 spiro atoms. The molecule has 27 heavy (non-hydrogen) atoms. The van der Waals surface area contributed by atoms with Crippen molar-refractivity contribution in [1.82, 2.24) is 19.7 Å². The van der Waals surface area contributed by atoms with E-state index in [1.165, 1.54) is 11.8 Å². The highest BCUT2D eigenvalue weighted by Gasteiger charge is 2.31. The number of piperidine rings is 1. The second-order valence-corrected chi connectivity index (χ2v) is 8.09. The van der Waals surface area contributed by atoms with Crippen LogP contribution in [0.1, 0.15) is 43.2 Å². The van der Waals surface area contributed by atoms with Gasteiger partial charge in [-0.2, -0.15) is 0 Å². The summed E-state index contributed by atoms with van der Waals surface area (Å²) in [5, 5.41) is 9.38. The summed E-state index contributed by atoms with van der Waals surface area (Å²) in [6.07, 6.45) is 5.47. The molecule has 1 saturated carbocycles. The van der Waals surface area contributed by atoms with Gasteiger partial charge in [-0.3, -0.25) is 14.2 Å². The van der Waals surface area contributed by atoms with Crippen LogP contribution in [-0.4, -0.2) is 50.3 Å². The van der Waals surface area contributed by atoms with Gasteiger partial charge in [0.05, 0.1) is 24.5 Å². The van der Waals surface area contributed by atoms with Gasteiger partial charge in [-0.1, -0.05) is 11.8 Å². The summed E-state index contributed by atoms with van der Waals surface area (Å²) in [4.78, 5) is 25.8. The van der Waals surface area contributed by atoms with E-state index in [1.54, 1.807) is 11.2 Å². The van der Waals surface area contributed by atoms with Crippen molar-refractivity contribution in [2.24, 2.45) is 11.7 Å². The first-order chi connectivity index (χ1) is 13.1. The van der Waals surface area contributed by atoms with Crippen molar-refractivity contribution in [2.45, 2.75) is 43.3 Å². The number of thioether (sulfide) groups is 1. The highest BCUT2D eigenvalue weighted by molar-refractivity contribution is 7.99. The van der Waals surface area contributed by atoms with Crippen LogP contribution in [0.15, 0.2) is 28.0 Å². The smallest absolute Gasteiger partial charge is 0.233 e. The van der Waals surface area contributed by atoms with E-state index in [2.05, 4.69) is 14.8 Å². The Hall–Kier alpha value is -2.29. The topological polar surface area (TPSA) is 107 Å². The molecule has 3 heterocycles. The number of nitrogens with two attached hydrogens (primary N) is 1. The Labute approximate surface area is 161 Å².